The van der Waals surface area contributed by atoms with Crippen LogP contribution in [0.4, 0.5) is 0 Å². The summed E-state index contributed by atoms with van der Waals surface area (Å²) in [7, 11) is 11.3. The van der Waals surface area contributed by atoms with Gasteiger partial charge in [0.05, 0.1) is 0 Å². The Labute approximate surface area is 312 Å². The van der Waals surface area contributed by atoms with Gasteiger partial charge in [-0.1, -0.05) is 136 Å². The first-order valence-electron chi connectivity index (χ1n) is 17.5. The van der Waals surface area contributed by atoms with Crippen LogP contribution < -0.4 is 0 Å². The summed E-state index contributed by atoms with van der Waals surface area (Å²) in [5.74, 6) is 1.13. The van der Waals surface area contributed by atoms with Crippen molar-refractivity contribution in [1.29, 1.82) is 0 Å². The average Bonchev–Trinajstić information content (AvgIpc) is 3.77. The van der Waals surface area contributed by atoms with E-state index in [1.807, 2.05) is 0 Å². The molecule has 0 spiro atoms. The number of hydrogen-bond acceptors (Lipinski definition) is 0. The maximum absolute atomic E-state index is 5.64. The molecule has 0 aromatic heterocycles. The Bertz CT molecular complexity index is 2250. The van der Waals surface area contributed by atoms with Crippen LogP contribution in [0.5, 0.6) is 0 Å². The first-order chi connectivity index (χ1) is 24.1. The summed E-state index contributed by atoms with van der Waals surface area (Å²) >= 11 is -1.78. The Morgan fingerprint density at radius 3 is 1.14 bits per heavy atom. The van der Waals surface area contributed by atoms with Crippen LogP contribution in [-0.4, -0.2) is 5.49 Å². The molecule has 50 heavy (non-hydrogen) atoms. The molecule has 0 atom stereocenters. The van der Waals surface area contributed by atoms with Gasteiger partial charge in [0.1, 0.15) is 0 Å². The van der Waals surface area contributed by atoms with Crippen LogP contribution in [0.15, 0.2) is 146 Å². The Morgan fingerprint density at radius 2 is 0.780 bits per heavy atom. The molecule has 4 heteroatoms. The van der Waals surface area contributed by atoms with Crippen LogP contribution in [0.3, 0.4) is 0 Å². The topological polar surface area (TPSA) is 0 Å². The van der Waals surface area contributed by atoms with E-state index < -0.39 is 17.7 Å². The van der Waals surface area contributed by atoms with Crippen molar-refractivity contribution in [2.75, 3.05) is 0 Å². The zero-order valence-corrected chi connectivity index (χ0v) is 35.9. The van der Waals surface area contributed by atoms with Crippen molar-refractivity contribution in [3.8, 4) is 22.3 Å². The molecule has 0 amide bonds. The summed E-state index contributed by atoms with van der Waals surface area (Å²) < 4.78 is 0. The molecule has 0 saturated carbocycles. The van der Waals surface area contributed by atoms with E-state index in [4.69, 9.17) is 17.2 Å². The Morgan fingerprint density at radius 1 is 0.460 bits per heavy atom. The predicted octanol–water partition coefficient (Wildman–Crippen LogP) is 15.2. The van der Waals surface area contributed by atoms with Gasteiger partial charge in [-0.3, -0.25) is 0 Å². The van der Waals surface area contributed by atoms with Gasteiger partial charge in [0.25, 0.3) is 0 Å². The van der Waals surface area contributed by atoms with E-state index >= 15 is 0 Å². The molecule has 0 saturated heterocycles. The van der Waals surface area contributed by atoms with E-state index in [0.717, 1.165) is 0 Å². The summed E-state index contributed by atoms with van der Waals surface area (Å²) in [5, 5.41) is 10.7. The molecule has 8 aromatic carbocycles. The van der Waals surface area contributed by atoms with E-state index in [1.54, 1.807) is 0 Å². The molecule has 0 fully saturated rings. The van der Waals surface area contributed by atoms with Crippen molar-refractivity contribution >= 4 is 65.7 Å². The summed E-state index contributed by atoms with van der Waals surface area (Å²) in [4.78, 5) is 0. The third kappa shape index (κ3) is 8.10. The monoisotopic (exact) mass is 874 g/mol. The van der Waals surface area contributed by atoms with Gasteiger partial charge >= 0.3 is 53.4 Å². The zero-order valence-electron chi connectivity index (χ0n) is 29.8. The van der Waals surface area contributed by atoms with Crippen LogP contribution in [0, 0.1) is 0 Å². The van der Waals surface area contributed by atoms with Crippen molar-refractivity contribution in [3.63, 3.8) is 0 Å². The third-order valence-corrected chi connectivity index (χ3v) is 36.9. The van der Waals surface area contributed by atoms with E-state index in [-0.39, 0.29) is 5.49 Å². The molecule has 0 aliphatic heterocycles. The van der Waals surface area contributed by atoms with E-state index in [1.165, 1.54) is 76.5 Å². The fourth-order valence-electron chi connectivity index (χ4n) is 6.57. The van der Waals surface area contributed by atoms with E-state index in [9.17, 15) is 0 Å². The molecule has 0 aliphatic rings. The number of rotatable bonds is 4. The minimum absolute atomic E-state index is 0.208. The molecule has 0 nitrogen and oxygen atoms in total. The van der Waals surface area contributed by atoms with Crippen molar-refractivity contribution in [2.24, 2.45) is 0 Å². The molecule has 0 unspecified atom stereocenters. The molecule has 252 valence electrons. The molecular formula is C46H44Cl2HfSi-2. The molecule has 8 aromatic rings. The van der Waals surface area contributed by atoms with Crippen molar-refractivity contribution in [2.45, 2.75) is 52.6 Å². The van der Waals surface area contributed by atoms with Crippen LogP contribution in [0.1, 0.15) is 50.7 Å². The first kappa shape index (κ1) is 36.5. The standard InChI is InChI=1S/2C22H19.C2H6Si.2ClH.Hf/c2*1-15(2)18-13-17-9-6-12-21(22(17)14-18)20-11-5-8-16-7-3-4-10-19(16)20;1-3-2;;;/h2*3-15H,1-2H3;1-2H3;2*1H;/q2*-1;;;;+2/p-2. The van der Waals surface area contributed by atoms with Gasteiger partial charge in [-0.05, 0) is 44.5 Å². The summed E-state index contributed by atoms with van der Waals surface area (Å²) in [6, 6.07) is 53.0. The van der Waals surface area contributed by atoms with Gasteiger partial charge in [0.15, 0.2) is 0 Å². The Kier molecular flexibility index (Phi) is 12.0. The molecule has 0 aliphatic carbocycles. The predicted molar refractivity (Wildman–Crippen MR) is 222 cm³/mol. The number of benzene rings is 6. The van der Waals surface area contributed by atoms with Crippen LogP contribution in [0.25, 0.3) is 65.3 Å². The quantitative estimate of drug-likeness (QED) is 0.122. The van der Waals surface area contributed by atoms with E-state index in [0.29, 0.717) is 11.8 Å². The molecule has 0 N–H and O–H groups in total. The number of fused-ring (bicyclic) bond motifs is 4. The molecule has 0 heterocycles. The molecule has 0 radical (unpaired) electrons. The average molecular weight is 874 g/mol. The molecule has 8 rings (SSSR count). The second kappa shape index (κ2) is 16.4. The fraction of sp³-hybridized carbons (Fsp3) is 0.174. The van der Waals surface area contributed by atoms with Crippen molar-refractivity contribution in [3.05, 3.63) is 157 Å². The van der Waals surface area contributed by atoms with Crippen LogP contribution >= 0.6 is 17.2 Å². The second-order valence-corrected chi connectivity index (χ2v) is 45.5. The SMILES string of the molecule is CC(C)c1cc2c(-c3cccc4ccccc34)cccc2[cH-]1.CC(C)c1cc2c(-c3cccc4ccccc34)cccc2[cH-]1.C[Si](C)=[Hf]([Cl])[Cl]. The minimum atomic E-state index is -1.78. The van der Waals surface area contributed by atoms with Gasteiger partial charge in [0.2, 0.25) is 0 Å². The van der Waals surface area contributed by atoms with Crippen molar-refractivity contribution in [1.82, 2.24) is 0 Å². The van der Waals surface area contributed by atoms with Crippen molar-refractivity contribution < 1.29 is 17.7 Å². The molecular weight excluding hydrogens is 830 g/mol. The van der Waals surface area contributed by atoms with E-state index in [2.05, 4.69) is 186 Å². The van der Waals surface area contributed by atoms with Gasteiger partial charge in [0, 0.05) is 0 Å². The first-order valence-corrected chi connectivity index (χ1v) is 34.2. The fourth-order valence-corrected chi connectivity index (χ4v) is 6.57. The normalized spacial score (nSPS) is 11.2. The summed E-state index contributed by atoms with van der Waals surface area (Å²) in [6.07, 6.45) is 0. The van der Waals surface area contributed by atoms with Crippen LogP contribution in [-0.2, 0) is 17.7 Å². The number of halogens is 2. The van der Waals surface area contributed by atoms with Gasteiger partial charge in [-0.25, -0.2) is 0 Å². The van der Waals surface area contributed by atoms with Crippen LogP contribution in [0.2, 0.25) is 13.1 Å². The zero-order chi connectivity index (χ0) is 35.4. The summed E-state index contributed by atoms with van der Waals surface area (Å²) in [5.41, 5.74) is 7.95. The second-order valence-electron chi connectivity index (χ2n) is 13.8. The third-order valence-electron chi connectivity index (χ3n) is 9.42. The Balaban J connectivity index is 0.000000149. The number of hydrogen-bond donors (Lipinski definition) is 0. The Hall–Kier alpha value is -3.27. The summed E-state index contributed by atoms with van der Waals surface area (Å²) in [6.45, 7) is 13.4. The van der Waals surface area contributed by atoms with Gasteiger partial charge in [-0.15, -0.1) is 69.1 Å². The van der Waals surface area contributed by atoms with Gasteiger partial charge in [-0.2, -0.15) is 12.1 Å². The van der Waals surface area contributed by atoms with Gasteiger partial charge < -0.3 is 0 Å². The maximum atomic E-state index is 5.64. The molecule has 0 bridgehead atoms.